The Bertz CT molecular complexity index is 596. The van der Waals surface area contributed by atoms with E-state index in [0.29, 0.717) is 12.1 Å². The SMILES string of the molecule is O=C(O)Cc1ccccc1CNC(=O)Nc1ccsc1. The molecule has 0 fully saturated rings. The van der Waals surface area contributed by atoms with Crippen LogP contribution in [0.1, 0.15) is 11.1 Å². The summed E-state index contributed by atoms with van der Waals surface area (Å²) in [6, 6.07) is 8.66. The maximum Gasteiger partial charge on any atom is 0.319 e. The van der Waals surface area contributed by atoms with Crippen molar-refractivity contribution in [3.63, 3.8) is 0 Å². The molecule has 0 spiro atoms. The fourth-order valence-electron chi connectivity index (χ4n) is 1.75. The van der Waals surface area contributed by atoms with Crippen LogP contribution in [0.2, 0.25) is 0 Å². The first-order valence-electron chi connectivity index (χ1n) is 6.01. The average Bonchev–Trinajstić information content (AvgIpc) is 2.90. The second-order valence-electron chi connectivity index (χ2n) is 4.16. The van der Waals surface area contributed by atoms with Crippen LogP contribution < -0.4 is 10.6 Å². The third-order valence-electron chi connectivity index (χ3n) is 2.68. The lowest BCUT2D eigenvalue weighted by molar-refractivity contribution is -0.136. The number of benzene rings is 1. The molecule has 1 aromatic carbocycles. The largest absolute Gasteiger partial charge is 0.481 e. The lowest BCUT2D eigenvalue weighted by Gasteiger charge is -2.09. The molecule has 0 aliphatic carbocycles. The average molecular weight is 290 g/mol. The highest BCUT2D eigenvalue weighted by molar-refractivity contribution is 7.08. The van der Waals surface area contributed by atoms with Gasteiger partial charge in [0, 0.05) is 11.9 Å². The summed E-state index contributed by atoms with van der Waals surface area (Å²) < 4.78 is 0. The molecule has 2 amide bonds. The molecule has 104 valence electrons. The summed E-state index contributed by atoms with van der Waals surface area (Å²) >= 11 is 1.50. The maximum absolute atomic E-state index is 11.7. The van der Waals surface area contributed by atoms with Gasteiger partial charge in [0.1, 0.15) is 0 Å². The van der Waals surface area contributed by atoms with Crippen molar-refractivity contribution in [1.82, 2.24) is 5.32 Å². The molecule has 2 aromatic rings. The Kier molecular flexibility index (Phi) is 4.73. The molecule has 20 heavy (non-hydrogen) atoms. The third-order valence-corrected chi connectivity index (χ3v) is 3.36. The van der Waals surface area contributed by atoms with Crippen LogP contribution in [0.25, 0.3) is 0 Å². The van der Waals surface area contributed by atoms with Crippen molar-refractivity contribution in [1.29, 1.82) is 0 Å². The fourth-order valence-corrected chi connectivity index (χ4v) is 2.34. The zero-order valence-corrected chi connectivity index (χ0v) is 11.4. The number of carboxylic acids is 1. The van der Waals surface area contributed by atoms with Crippen molar-refractivity contribution < 1.29 is 14.7 Å². The van der Waals surface area contributed by atoms with Crippen molar-refractivity contribution in [2.45, 2.75) is 13.0 Å². The number of rotatable bonds is 5. The molecule has 6 heteroatoms. The number of aliphatic carboxylic acids is 1. The van der Waals surface area contributed by atoms with Crippen LogP contribution in [0.3, 0.4) is 0 Å². The van der Waals surface area contributed by atoms with Crippen LogP contribution in [-0.2, 0) is 17.8 Å². The van der Waals surface area contributed by atoms with Crippen molar-refractivity contribution in [3.05, 3.63) is 52.2 Å². The zero-order valence-electron chi connectivity index (χ0n) is 10.6. The Balaban J connectivity index is 1.93. The van der Waals surface area contributed by atoms with Crippen molar-refractivity contribution in [3.8, 4) is 0 Å². The number of urea groups is 1. The van der Waals surface area contributed by atoms with E-state index >= 15 is 0 Å². The minimum Gasteiger partial charge on any atom is -0.481 e. The minimum atomic E-state index is -0.889. The van der Waals surface area contributed by atoms with Crippen molar-refractivity contribution in [2.24, 2.45) is 0 Å². The molecule has 0 aliphatic heterocycles. The summed E-state index contributed by atoms with van der Waals surface area (Å²) in [6.07, 6.45) is -0.0516. The van der Waals surface area contributed by atoms with E-state index in [2.05, 4.69) is 10.6 Å². The molecule has 1 aromatic heterocycles. The number of carboxylic acid groups (broad SMARTS) is 1. The number of hydrogen-bond donors (Lipinski definition) is 3. The highest BCUT2D eigenvalue weighted by Crippen LogP contribution is 2.12. The summed E-state index contributed by atoms with van der Waals surface area (Å²) in [4.78, 5) is 22.5. The Morgan fingerprint density at radius 2 is 1.90 bits per heavy atom. The second kappa shape index (κ2) is 6.72. The zero-order chi connectivity index (χ0) is 14.4. The molecule has 0 aliphatic rings. The van der Waals surface area contributed by atoms with Crippen LogP contribution in [0.4, 0.5) is 10.5 Å². The number of amides is 2. The molecule has 0 saturated heterocycles. The number of hydrogen-bond acceptors (Lipinski definition) is 3. The molecule has 3 N–H and O–H groups in total. The predicted octanol–water partition coefficient (Wildman–Crippen LogP) is 2.70. The molecule has 0 atom stereocenters. The molecule has 1 heterocycles. The normalized spacial score (nSPS) is 10.0. The van der Waals surface area contributed by atoms with Gasteiger partial charge in [-0.25, -0.2) is 4.79 Å². The van der Waals surface area contributed by atoms with E-state index in [1.165, 1.54) is 11.3 Å². The van der Waals surface area contributed by atoms with E-state index in [1.807, 2.05) is 29.0 Å². The van der Waals surface area contributed by atoms with Crippen LogP contribution in [-0.4, -0.2) is 17.1 Å². The topological polar surface area (TPSA) is 78.4 Å². The number of anilines is 1. The molecular formula is C14H14N2O3S. The second-order valence-corrected chi connectivity index (χ2v) is 4.94. The lowest BCUT2D eigenvalue weighted by atomic mass is 10.0. The molecule has 0 bridgehead atoms. The van der Waals surface area contributed by atoms with Gasteiger partial charge in [0.2, 0.25) is 0 Å². The predicted molar refractivity (Wildman–Crippen MR) is 78.0 cm³/mol. The van der Waals surface area contributed by atoms with E-state index in [1.54, 1.807) is 12.1 Å². The van der Waals surface area contributed by atoms with Crippen LogP contribution >= 0.6 is 11.3 Å². The summed E-state index contributed by atoms with van der Waals surface area (Å²) in [5, 5.41) is 18.0. The maximum atomic E-state index is 11.7. The van der Waals surface area contributed by atoms with Gasteiger partial charge in [-0.1, -0.05) is 24.3 Å². The number of nitrogens with one attached hydrogen (secondary N) is 2. The fraction of sp³-hybridized carbons (Fsp3) is 0.143. The van der Waals surface area contributed by atoms with Gasteiger partial charge in [-0.05, 0) is 22.6 Å². The highest BCUT2D eigenvalue weighted by atomic mass is 32.1. The van der Waals surface area contributed by atoms with Gasteiger partial charge in [-0.3, -0.25) is 4.79 Å². The standard InChI is InChI=1S/C14H14N2O3S/c17-13(18)7-10-3-1-2-4-11(10)8-15-14(19)16-12-5-6-20-9-12/h1-6,9H,7-8H2,(H,17,18)(H2,15,16,19). The molecular weight excluding hydrogens is 276 g/mol. The van der Waals surface area contributed by atoms with Crippen LogP contribution in [0, 0.1) is 0 Å². The van der Waals surface area contributed by atoms with Gasteiger partial charge in [0.15, 0.2) is 0 Å². The Hall–Kier alpha value is -2.34. The molecule has 0 saturated carbocycles. The molecule has 0 unspecified atom stereocenters. The van der Waals surface area contributed by atoms with Gasteiger partial charge in [0.25, 0.3) is 0 Å². The molecule has 2 rings (SSSR count). The first-order valence-corrected chi connectivity index (χ1v) is 6.95. The molecule has 5 nitrogen and oxygen atoms in total. The van der Waals surface area contributed by atoms with Crippen molar-refractivity contribution >= 4 is 29.0 Å². The van der Waals surface area contributed by atoms with Gasteiger partial charge < -0.3 is 15.7 Å². The van der Waals surface area contributed by atoms with Crippen LogP contribution in [0.15, 0.2) is 41.1 Å². The smallest absolute Gasteiger partial charge is 0.319 e. The van der Waals surface area contributed by atoms with E-state index in [4.69, 9.17) is 5.11 Å². The summed E-state index contributed by atoms with van der Waals surface area (Å²) in [7, 11) is 0. The quantitative estimate of drug-likeness (QED) is 0.792. The first kappa shape index (κ1) is 14.1. The van der Waals surface area contributed by atoms with Crippen LogP contribution in [0.5, 0.6) is 0 Å². The Morgan fingerprint density at radius 3 is 2.55 bits per heavy atom. The van der Waals surface area contributed by atoms with Gasteiger partial charge in [-0.15, -0.1) is 0 Å². The van der Waals surface area contributed by atoms with Gasteiger partial charge in [0.05, 0.1) is 12.1 Å². The first-order chi connectivity index (χ1) is 9.65. The summed E-state index contributed by atoms with van der Waals surface area (Å²) in [5.41, 5.74) is 2.25. The number of thiophene rings is 1. The Morgan fingerprint density at radius 1 is 1.15 bits per heavy atom. The number of carbonyl (C=O) groups is 2. The third kappa shape index (κ3) is 4.10. The summed E-state index contributed by atoms with van der Waals surface area (Å²) in [6.45, 7) is 0.291. The van der Waals surface area contributed by atoms with Gasteiger partial charge >= 0.3 is 12.0 Å². The lowest BCUT2D eigenvalue weighted by Crippen LogP contribution is -2.28. The van der Waals surface area contributed by atoms with E-state index in [0.717, 1.165) is 11.3 Å². The Labute approximate surface area is 120 Å². The van der Waals surface area contributed by atoms with Crippen molar-refractivity contribution in [2.75, 3.05) is 5.32 Å². The van der Waals surface area contributed by atoms with E-state index in [9.17, 15) is 9.59 Å². The summed E-state index contributed by atoms with van der Waals surface area (Å²) in [5.74, 6) is -0.889. The van der Waals surface area contributed by atoms with Gasteiger partial charge in [-0.2, -0.15) is 11.3 Å². The van der Waals surface area contributed by atoms with E-state index < -0.39 is 5.97 Å². The highest BCUT2D eigenvalue weighted by Gasteiger charge is 2.07. The molecule has 0 radical (unpaired) electrons. The van der Waals surface area contributed by atoms with E-state index in [-0.39, 0.29) is 12.5 Å². The minimum absolute atomic E-state index is 0.0516. The monoisotopic (exact) mass is 290 g/mol. The number of carbonyl (C=O) groups excluding carboxylic acids is 1.